The Kier molecular flexibility index (Phi) is 21.2. The van der Waals surface area contributed by atoms with E-state index in [1.54, 1.807) is 0 Å². The normalized spacial score (nSPS) is 13.4. The molecule has 0 aliphatic carbocycles. The first-order chi connectivity index (χ1) is 18.0. The van der Waals surface area contributed by atoms with Crippen molar-refractivity contribution in [1.29, 1.82) is 0 Å². The van der Waals surface area contributed by atoms with Gasteiger partial charge in [-0.2, -0.15) is 0 Å². The van der Waals surface area contributed by atoms with Crippen LogP contribution in [-0.4, -0.2) is 136 Å². The average Bonchev–Trinajstić information content (AvgIpc) is 2.79. The lowest BCUT2D eigenvalue weighted by Gasteiger charge is -2.42. The maximum Gasteiger partial charge on any atom is 0.493 e. The summed E-state index contributed by atoms with van der Waals surface area (Å²) in [6.45, 7) is 15.2. The predicted octanol–water partition coefficient (Wildman–Crippen LogP) is 3.87. The second-order valence-electron chi connectivity index (χ2n) is 10.1. The zero-order chi connectivity index (χ0) is 29.1. The molecule has 0 saturated carbocycles. The molecule has 0 spiro atoms. The maximum absolute atomic E-state index is 7.10. The summed E-state index contributed by atoms with van der Waals surface area (Å²) >= 11 is 0. The predicted molar refractivity (Wildman–Crippen MR) is 161 cm³/mol. The van der Waals surface area contributed by atoms with Gasteiger partial charge in [-0.3, -0.25) is 0 Å². The summed E-state index contributed by atoms with van der Waals surface area (Å²) in [5, 5.41) is 0. The molecule has 0 N–H and O–H groups in total. The number of rotatable bonds is 26. The van der Waals surface area contributed by atoms with Gasteiger partial charge in [0.15, 0.2) is 0 Å². The molecular weight excluding hydrogens is 539 g/mol. The molecule has 0 aliphatic heterocycles. The lowest BCUT2D eigenvalue weighted by Crippen LogP contribution is -2.64. The average molecular weight is 600 g/mol. The first-order valence-corrected chi connectivity index (χ1v) is 20.3. The Morgan fingerprint density at radius 1 is 0.395 bits per heavy atom. The Balaban J connectivity index is 6.54. The summed E-state index contributed by atoms with van der Waals surface area (Å²) in [4.78, 5) is 6.51. The van der Waals surface area contributed by atoms with Gasteiger partial charge in [-0.05, 0) is 116 Å². The molecule has 0 bridgehead atoms. The molecule has 0 saturated heterocycles. The van der Waals surface area contributed by atoms with Gasteiger partial charge >= 0.3 is 26.4 Å². The van der Waals surface area contributed by atoms with E-state index in [9.17, 15) is 0 Å². The summed E-state index contributed by atoms with van der Waals surface area (Å²) in [5.74, 6) is 0. The van der Waals surface area contributed by atoms with Gasteiger partial charge in [0.1, 0.15) is 0 Å². The molecule has 0 unspecified atom stereocenters. The summed E-state index contributed by atoms with van der Waals surface area (Å²) in [5.41, 5.74) is 0. The number of hydrogen-bond donors (Lipinski definition) is 0. The van der Waals surface area contributed by atoms with E-state index in [2.05, 4.69) is 57.0 Å². The van der Waals surface area contributed by atoms with E-state index in [1.807, 2.05) is 34.6 Å². The third kappa shape index (κ3) is 15.9. The first kappa shape index (κ1) is 38.3. The van der Waals surface area contributed by atoms with Crippen LogP contribution in [0.15, 0.2) is 0 Å². The molecular formula is C25H61N3O7Si3. The molecule has 0 aromatic carbocycles. The van der Waals surface area contributed by atoms with Gasteiger partial charge in [0, 0.05) is 51.2 Å². The second kappa shape index (κ2) is 21.0. The highest BCUT2D eigenvalue weighted by atomic mass is 28.5. The molecule has 0 heterocycles. The Morgan fingerprint density at radius 3 is 0.868 bits per heavy atom. The van der Waals surface area contributed by atoms with E-state index in [0.29, 0.717) is 51.2 Å². The van der Waals surface area contributed by atoms with Gasteiger partial charge < -0.3 is 45.1 Å². The fourth-order valence-corrected chi connectivity index (χ4v) is 16.5. The minimum absolute atomic E-state index is 0.467. The van der Waals surface area contributed by atoms with Crippen LogP contribution in [-0.2, 0) is 30.4 Å². The van der Waals surface area contributed by atoms with Crippen molar-refractivity contribution < 1.29 is 30.4 Å². The molecule has 0 aromatic heterocycles. The highest BCUT2D eigenvalue weighted by molar-refractivity contribution is 6.81. The second-order valence-corrected chi connectivity index (χ2v) is 18.8. The van der Waals surface area contributed by atoms with Crippen molar-refractivity contribution in [3.8, 4) is 0 Å². The van der Waals surface area contributed by atoms with E-state index < -0.39 is 26.4 Å². The zero-order valence-corrected chi connectivity index (χ0v) is 29.6. The monoisotopic (exact) mass is 599 g/mol. The molecule has 13 heteroatoms. The molecule has 38 heavy (non-hydrogen) atoms. The van der Waals surface area contributed by atoms with Crippen molar-refractivity contribution in [1.82, 2.24) is 14.7 Å². The third-order valence-corrected chi connectivity index (χ3v) is 17.2. The van der Waals surface area contributed by atoms with Crippen LogP contribution in [0.4, 0.5) is 0 Å². The maximum atomic E-state index is 7.10. The summed E-state index contributed by atoms with van der Waals surface area (Å²) in [7, 11) is 2.83. The molecule has 0 radical (unpaired) electrons. The highest BCUT2D eigenvalue weighted by Gasteiger charge is 2.58. The van der Waals surface area contributed by atoms with Gasteiger partial charge in [0.25, 0.3) is 0 Å². The number of nitrogens with zero attached hydrogens (tertiary/aromatic N) is 3. The van der Waals surface area contributed by atoms with Gasteiger partial charge in [-0.1, -0.05) is 0 Å². The molecule has 0 amide bonds. The van der Waals surface area contributed by atoms with E-state index in [4.69, 9.17) is 30.4 Å². The summed E-state index contributed by atoms with van der Waals surface area (Å²) in [6, 6.07) is 2.04. The first-order valence-electron chi connectivity index (χ1n) is 14.5. The van der Waals surface area contributed by atoms with Crippen LogP contribution >= 0.6 is 0 Å². The van der Waals surface area contributed by atoms with Crippen molar-refractivity contribution in [2.24, 2.45) is 0 Å². The van der Waals surface area contributed by atoms with Crippen LogP contribution in [0.5, 0.6) is 0 Å². The van der Waals surface area contributed by atoms with Crippen molar-refractivity contribution in [3.05, 3.63) is 0 Å². The molecule has 0 fully saturated rings. The molecule has 10 nitrogen and oxygen atoms in total. The lowest BCUT2D eigenvalue weighted by molar-refractivity contribution is 0.0386. The van der Waals surface area contributed by atoms with E-state index in [1.165, 1.54) is 0 Å². The van der Waals surface area contributed by atoms with Gasteiger partial charge in [0.2, 0.25) is 0 Å². The van der Waals surface area contributed by atoms with Crippen LogP contribution in [0.3, 0.4) is 0 Å². The largest absolute Gasteiger partial charge is 0.493 e. The van der Waals surface area contributed by atoms with Crippen LogP contribution in [0.2, 0.25) is 18.1 Å². The molecule has 0 aliphatic rings. The molecule has 230 valence electrons. The van der Waals surface area contributed by atoms with Gasteiger partial charge in [0.05, 0.1) is 0 Å². The summed E-state index contributed by atoms with van der Waals surface area (Å²) < 4.78 is 46.4. The fourth-order valence-electron chi connectivity index (χ4n) is 4.25. The van der Waals surface area contributed by atoms with Crippen LogP contribution in [0.1, 0.15) is 53.9 Å². The van der Waals surface area contributed by atoms with Crippen LogP contribution < -0.4 is 0 Å². The van der Waals surface area contributed by atoms with E-state index in [0.717, 1.165) is 38.9 Å². The Labute approximate surface area is 238 Å². The van der Waals surface area contributed by atoms with E-state index in [-0.39, 0.29) is 0 Å². The minimum Gasteiger partial charge on any atom is -0.375 e. The van der Waals surface area contributed by atoms with Crippen LogP contribution in [0, 0.1) is 0 Å². The van der Waals surface area contributed by atoms with E-state index >= 15 is 0 Å². The highest BCUT2D eigenvalue weighted by Crippen LogP contribution is 2.33. The molecule has 0 aromatic rings. The van der Waals surface area contributed by atoms with Crippen molar-refractivity contribution in [2.75, 3.05) is 95.0 Å². The Hall–Kier alpha value is 0.251. The molecule has 0 rings (SSSR count). The van der Waals surface area contributed by atoms with Gasteiger partial charge in [-0.25, -0.2) is 0 Å². The third-order valence-electron chi connectivity index (χ3n) is 5.71. The number of hydrogen-bond acceptors (Lipinski definition) is 10. The van der Waals surface area contributed by atoms with Crippen LogP contribution in [0.25, 0.3) is 0 Å². The Bertz CT molecular complexity index is 530. The van der Waals surface area contributed by atoms with Crippen molar-refractivity contribution in [2.45, 2.75) is 72.0 Å². The van der Waals surface area contributed by atoms with Crippen molar-refractivity contribution >= 4 is 26.4 Å². The van der Waals surface area contributed by atoms with Crippen molar-refractivity contribution in [3.63, 3.8) is 0 Å². The zero-order valence-electron chi connectivity index (χ0n) is 26.6. The summed E-state index contributed by atoms with van der Waals surface area (Å²) in [6.07, 6.45) is 2.66. The topological polar surface area (TPSA) is 74.3 Å². The SMILES string of the molecule is CCO[Si](CCCN(C)C)(OCC)O[Si](CCCN(C)C)(OCC)O[Si](CCCN(C)C)(OCC)OCC. The molecule has 0 atom stereocenters. The lowest BCUT2D eigenvalue weighted by atomic mass is 10.5. The van der Waals surface area contributed by atoms with Gasteiger partial charge in [-0.15, -0.1) is 0 Å². The fraction of sp³-hybridized carbons (Fsp3) is 1.00. The standard InChI is InChI=1S/C25H61N3O7Si3/c1-12-29-36(30-13-2,23-17-20-26(6)7)34-38(33-16-5,25-19-22-28(10)11)35-37(31-14-3,32-15-4)24-18-21-27(8)9/h12-25H2,1-11H3. The Morgan fingerprint density at radius 2 is 0.632 bits per heavy atom. The quantitative estimate of drug-likeness (QED) is 0.137. The minimum atomic E-state index is -3.37. The smallest absolute Gasteiger partial charge is 0.375 e.